The Hall–Kier alpha value is -5.59. The number of methoxy groups -OCH3 is 1. The van der Waals surface area contributed by atoms with Crippen LogP contribution >= 0.6 is 0 Å². The number of nitrogens with zero attached hydrogens (tertiary/aromatic N) is 1. The summed E-state index contributed by atoms with van der Waals surface area (Å²) < 4.78 is 22.8. The Morgan fingerprint density at radius 1 is 0.769 bits per heavy atom. The minimum absolute atomic E-state index is 0.0281. The van der Waals surface area contributed by atoms with Gasteiger partial charge < -0.3 is 34.9 Å². The Balaban J connectivity index is 2.03. The maximum atomic E-state index is 14.1. The molecule has 3 N–H and O–H groups in total. The molecule has 13 heteroatoms. The minimum atomic E-state index is -1.29. The van der Waals surface area contributed by atoms with E-state index in [-0.39, 0.29) is 19.3 Å². The van der Waals surface area contributed by atoms with Gasteiger partial charge in [0.15, 0.2) is 0 Å². The average Bonchev–Trinajstić information content (AvgIpc) is 3.43. The van der Waals surface area contributed by atoms with E-state index < -0.39 is 59.3 Å². The lowest BCUT2D eigenvalue weighted by Gasteiger charge is -2.26. The predicted octanol–water partition coefficient (Wildman–Crippen LogP) is 5.39. The van der Waals surface area contributed by atoms with Crippen LogP contribution in [-0.4, -0.2) is 77.6 Å². The van der Waals surface area contributed by atoms with Gasteiger partial charge in [0.05, 0.1) is 12.6 Å². The molecule has 3 unspecified atom stereocenters. The smallest absolute Gasteiger partial charge is 0.419 e. The van der Waals surface area contributed by atoms with Crippen LogP contribution in [0.3, 0.4) is 0 Å². The molecule has 3 rings (SSSR count). The van der Waals surface area contributed by atoms with Gasteiger partial charge in [-0.1, -0.05) is 49.1 Å². The molecule has 2 aromatic carbocycles. The van der Waals surface area contributed by atoms with Crippen LogP contribution in [0.2, 0.25) is 0 Å². The number of alkyl carbamates (subject to hydrolysis) is 1. The van der Waals surface area contributed by atoms with Crippen LogP contribution in [0.5, 0.6) is 5.75 Å². The number of amides is 3. The molecule has 0 saturated carbocycles. The third-order valence-corrected chi connectivity index (χ3v) is 7.38. The Bertz CT molecular complexity index is 1750. The molecule has 1 heterocycles. The molecule has 0 aliphatic rings. The molecule has 3 atom stereocenters. The molecule has 0 spiro atoms. The van der Waals surface area contributed by atoms with Gasteiger partial charge in [0, 0.05) is 24.4 Å². The zero-order valence-corrected chi connectivity index (χ0v) is 30.9. The van der Waals surface area contributed by atoms with Gasteiger partial charge in [-0.3, -0.25) is 14.2 Å². The zero-order chi connectivity index (χ0) is 38.6. The summed E-state index contributed by atoms with van der Waals surface area (Å²) in [5.74, 6) is -1.52. The normalized spacial score (nSPS) is 13.1. The maximum Gasteiger partial charge on any atom is 0.419 e. The second-order valence-electron chi connectivity index (χ2n) is 14.0. The number of ether oxygens (including phenoxy) is 4. The molecule has 0 bridgehead atoms. The number of esters is 1. The van der Waals surface area contributed by atoms with E-state index in [0.29, 0.717) is 34.4 Å². The van der Waals surface area contributed by atoms with Crippen molar-refractivity contribution in [3.63, 3.8) is 0 Å². The van der Waals surface area contributed by atoms with Gasteiger partial charge in [-0.2, -0.15) is 0 Å². The number of carbonyl (C=O) groups is 5. The average molecular weight is 719 g/mol. The van der Waals surface area contributed by atoms with E-state index in [1.807, 2.05) is 0 Å². The number of para-hydroxylation sites is 1. The number of rotatable bonds is 15. The summed E-state index contributed by atoms with van der Waals surface area (Å²) in [6.07, 6.45) is 3.15. The monoisotopic (exact) mass is 718 g/mol. The van der Waals surface area contributed by atoms with Gasteiger partial charge in [-0.25, -0.2) is 14.4 Å². The summed E-state index contributed by atoms with van der Waals surface area (Å²) in [6.45, 7) is 17.9. The molecule has 3 aromatic rings. The second kappa shape index (κ2) is 18.1. The van der Waals surface area contributed by atoms with Crippen LogP contribution in [0.1, 0.15) is 59.1 Å². The Kier molecular flexibility index (Phi) is 14.2. The SMILES string of the molecule is C=CCOc1ccc(CC(NC(=O)OC(C)(C)C)C(=O)NC(Cc2cn(C(=O)OC(C)(C)C)c3ccccc23)C(=O)NC(CC=C)C(=O)OC)cc1. The van der Waals surface area contributed by atoms with Crippen LogP contribution in [0.4, 0.5) is 9.59 Å². The highest BCUT2D eigenvalue weighted by molar-refractivity contribution is 5.95. The first-order valence-electron chi connectivity index (χ1n) is 16.9. The van der Waals surface area contributed by atoms with Gasteiger partial charge in [-0.05, 0) is 77.3 Å². The van der Waals surface area contributed by atoms with Gasteiger partial charge >= 0.3 is 18.2 Å². The Labute approximate surface area is 304 Å². The van der Waals surface area contributed by atoms with Gasteiger partial charge in [0.2, 0.25) is 11.8 Å². The fraction of sp³-hybridized carbons (Fsp3) is 0.410. The topological polar surface area (TPSA) is 163 Å². The van der Waals surface area contributed by atoms with Crippen molar-refractivity contribution in [1.82, 2.24) is 20.5 Å². The summed E-state index contributed by atoms with van der Waals surface area (Å²) in [5, 5.41) is 8.71. The van der Waals surface area contributed by atoms with Crippen molar-refractivity contribution in [2.75, 3.05) is 13.7 Å². The van der Waals surface area contributed by atoms with Crippen molar-refractivity contribution in [2.45, 2.75) is 90.1 Å². The molecule has 0 aliphatic carbocycles. The van der Waals surface area contributed by atoms with Crippen LogP contribution in [0.25, 0.3) is 10.9 Å². The number of carbonyl (C=O) groups excluding carboxylic acids is 5. The standard InChI is InChI=1S/C39H50N4O9/c1-10-14-29(35(46)49-9)40-34(45)31(23-26-24-43(37(48)52-39(6,7)8)32-16-13-12-15-28(26)32)41-33(44)30(42-36(47)51-38(3,4)5)22-25-17-19-27(20-18-25)50-21-11-2/h10-13,15-20,24,29-31H,1-2,14,21-23H2,3-9H3,(H,40,45)(H,41,44)(H,42,47). The second-order valence-corrected chi connectivity index (χ2v) is 14.0. The highest BCUT2D eigenvalue weighted by Crippen LogP contribution is 2.24. The molecule has 0 fully saturated rings. The van der Waals surface area contributed by atoms with E-state index in [1.54, 1.807) is 102 Å². The van der Waals surface area contributed by atoms with E-state index in [9.17, 15) is 24.0 Å². The quantitative estimate of drug-likeness (QED) is 0.106. The van der Waals surface area contributed by atoms with Crippen LogP contribution < -0.4 is 20.7 Å². The zero-order valence-electron chi connectivity index (χ0n) is 30.9. The van der Waals surface area contributed by atoms with Crippen LogP contribution in [0.15, 0.2) is 80.0 Å². The van der Waals surface area contributed by atoms with E-state index >= 15 is 0 Å². The molecular formula is C39H50N4O9. The van der Waals surface area contributed by atoms with Crippen molar-refractivity contribution < 1.29 is 42.9 Å². The highest BCUT2D eigenvalue weighted by Gasteiger charge is 2.32. The van der Waals surface area contributed by atoms with Crippen LogP contribution in [-0.2, 0) is 41.4 Å². The van der Waals surface area contributed by atoms with Crippen molar-refractivity contribution in [3.8, 4) is 5.75 Å². The number of hydrogen-bond donors (Lipinski definition) is 3. The van der Waals surface area contributed by atoms with E-state index in [0.717, 1.165) is 0 Å². The number of fused-ring (bicyclic) bond motifs is 1. The molecule has 13 nitrogen and oxygen atoms in total. The first-order valence-corrected chi connectivity index (χ1v) is 16.9. The van der Waals surface area contributed by atoms with Gasteiger partial charge in [0.25, 0.3) is 0 Å². The van der Waals surface area contributed by atoms with Crippen molar-refractivity contribution >= 4 is 40.9 Å². The lowest BCUT2D eigenvalue weighted by atomic mass is 10.0. The maximum absolute atomic E-state index is 14.1. The molecular weight excluding hydrogens is 668 g/mol. The summed E-state index contributed by atoms with van der Waals surface area (Å²) in [6, 6.07) is 10.4. The van der Waals surface area contributed by atoms with Gasteiger partial charge in [-0.15, -0.1) is 6.58 Å². The third kappa shape index (κ3) is 12.3. The molecule has 0 aliphatic heterocycles. The minimum Gasteiger partial charge on any atom is -0.490 e. The first-order chi connectivity index (χ1) is 24.4. The summed E-state index contributed by atoms with van der Waals surface area (Å²) >= 11 is 0. The van der Waals surface area contributed by atoms with Gasteiger partial charge in [0.1, 0.15) is 41.7 Å². The van der Waals surface area contributed by atoms with Crippen molar-refractivity contribution in [2.24, 2.45) is 0 Å². The van der Waals surface area contributed by atoms with E-state index in [4.69, 9.17) is 18.9 Å². The van der Waals surface area contributed by atoms with Crippen molar-refractivity contribution in [3.05, 3.63) is 91.2 Å². The number of nitrogens with one attached hydrogen (secondary N) is 3. The van der Waals surface area contributed by atoms with Crippen molar-refractivity contribution in [1.29, 1.82) is 0 Å². The molecule has 280 valence electrons. The Morgan fingerprint density at radius 2 is 1.37 bits per heavy atom. The number of benzene rings is 2. The first kappa shape index (κ1) is 40.8. The number of hydrogen-bond acceptors (Lipinski definition) is 9. The molecule has 0 saturated heterocycles. The fourth-order valence-electron chi connectivity index (χ4n) is 5.14. The number of aromatic nitrogens is 1. The lowest BCUT2D eigenvalue weighted by molar-refractivity contribution is -0.145. The Morgan fingerprint density at radius 3 is 1.94 bits per heavy atom. The van der Waals surface area contributed by atoms with E-state index in [1.165, 1.54) is 17.8 Å². The predicted molar refractivity (Wildman–Crippen MR) is 197 cm³/mol. The van der Waals surface area contributed by atoms with Crippen LogP contribution in [0, 0.1) is 0 Å². The third-order valence-electron chi connectivity index (χ3n) is 7.38. The largest absolute Gasteiger partial charge is 0.490 e. The summed E-state index contributed by atoms with van der Waals surface area (Å²) in [7, 11) is 1.19. The molecule has 1 aromatic heterocycles. The molecule has 0 radical (unpaired) electrons. The molecule has 3 amide bonds. The fourth-order valence-corrected chi connectivity index (χ4v) is 5.14. The molecule has 52 heavy (non-hydrogen) atoms. The lowest BCUT2D eigenvalue weighted by Crippen LogP contribution is -2.57. The summed E-state index contributed by atoms with van der Waals surface area (Å²) in [4.78, 5) is 66.8. The highest BCUT2D eigenvalue weighted by atomic mass is 16.6. The summed E-state index contributed by atoms with van der Waals surface area (Å²) in [5.41, 5.74) is 0.115. The van der Waals surface area contributed by atoms with E-state index in [2.05, 4.69) is 29.1 Å².